The molecule has 0 saturated heterocycles. The second-order valence-electron chi connectivity index (χ2n) is 6.08. The third-order valence-corrected chi connectivity index (χ3v) is 5.63. The first kappa shape index (κ1) is 17.3. The molecule has 4 aromatic carbocycles. The third-order valence-electron chi connectivity index (χ3n) is 4.45. The van der Waals surface area contributed by atoms with Crippen LogP contribution in [0, 0.1) is 0 Å². The van der Waals surface area contributed by atoms with Crippen molar-refractivity contribution in [2.45, 2.75) is 0 Å². The van der Waals surface area contributed by atoms with Crippen LogP contribution >= 0.6 is 31.9 Å². The fourth-order valence-corrected chi connectivity index (χ4v) is 4.07. The minimum absolute atomic E-state index is 1.07. The first-order valence-corrected chi connectivity index (χ1v) is 10.0. The number of hydrogen-bond acceptors (Lipinski definition) is 0. The van der Waals surface area contributed by atoms with E-state index in [-0.39, 0.29) is 0 Å². The fourth-order valence-electron chi connectivity index (χ4n) is 3.24. The van der Waals surface area contributed by atoms with Crippen LogP contribution in [-0.4, -0.2) is 0 Å². The van der Waals surface area contributed by atoms with Gasteiger partial charge in [0, 0.05) is 8.95 Å². The Morgan fingerprint density at radius 1 is 0.423 bits per heavy atom. The van der Waals surface area contributed by atoms with Gasteiger partial charge in [-0.1, -0.05) is 111 Å². The van der Waals surface area contributed by atoms with E-state index < -0.39 is 0 Å². The van der Waals surface area contributed by atoms with Gasteiger partial charge in [0.25, 0.3) is 0 Å². The Balaban J connectivity index is 1.96. The topological polar surface area (TPSA) is 0 Å². The highest BCUT2D eigenvalue weighted by Crippen LogP contribution is 2.40. The second-order valence-corrected chi connectivity index (χ2v) is 7.85. The summed E-state index contributed by atoms with van der Waals surface area (Å²) in [6.45, 7) is 0. The molecule has 0 saturated carbocycles. The number of rotatable bonds is 3. The van der Waals surface area contributed by atoms with Gasteiger partial charge in [-0.25, -0.2) is 0 Å². The first-order valence-electron chi connectivity index (χ1n) is 8.43. The average molecular weight is 464 g/mol. The number of hydrogen-bond donors (Lipinski definition) is 0. The minimum atomic E-state index is 1.07. The molecule has 2 heteroatoms. The van der Waals surface area contributed by atoms with Gasteiger partial charge >= 0.3 is 0 Å². The van der Waals surface area contributed by atoms with Crippen LogP contribution in [0.4, 0.5) is 0 Å². The molecule has 0 aliphatic rings. The van der Waals surface area contributed by atoms with E-state index in [0.717, 1.165) is 8.95 Å². The normalized spacial score (nSPS) is 10.7. The van der Waals surface area contributed by atoms with Crippen LogP contribution < -0.4 is 0 Å². The maximum atomic E-state index is 3.72. The quantitative estimate of drug-likeness (QED) is 0.287. The molecule has 0 atom stereocenters. The Morgan fingerprint density at radius 3 is 1.58 bits per heavy atom. The predicted octanol–water partition coefficient (Wildman–Crippen LogP) is 8.21. The molecule has 0 unspecified atom stereocenters. The smallest absolute Gasteiger partial charge is 0.0254 e. The summed E-state index contributed by atoms with van der Waals surface area (Å²) in [6.07, 6.45) is 0. The van der Waals surface area contributed by atoms with Crippen molar-refractivity contribution in [2.24, 2.45) is 0 Å². The minimum Gasteiger partial charge on any atom is -0.0622 e. The molecule has 0 aliphatic heterocycles. The summed E-state index contributed by atoms with van der Waals surface area (Å²) in [5, 5.41) is 0. The van der Waals surface area contributed by atoms with E-state index in [1.54, 1.807) is 0 Å². The molecule has 0 amide bonds. The average Bonchev–Trinajstić information content (AvgIpc) is 2.70. The molecule has 0 aromatic heterocycles. The monoisotopic (exact) mass is 462 g/mol. The summed E-state index contributed by atoms with van der Waals surface area (Å²) in [6, 6.07) is 34.0. The molecule has 0 N–H and O–H groups in total. The molecular formula is C24H16Br2. The molecule has 0 heterocycles. The molecule has 0 fully saturated rings. The lowest BCUT2D eigenvalue weighted by molar-refractivity contribution is 1.53. The zero-order chi connectivity index (χ0) is 17.9. The standard InChI is InChI=1S/C24H16Br2/c25-18-14-15-24(26)23(16-18)22-13-7-6-12-21(22)20-11-5-4-10-19(20)17-8-2-1-3-9-17/h1-16H. The predicted molar refractivity (Wildman–Crippen MR) is 118 cm³/mol. The van der Waals surface area contributed by atoms with Crippen LogP contribution in [0.2, 0.25) is 0 Å². The Kier molecular flexibility index (Phi) is 5.05. The van der Waals surface area contributed by atoms with Gasteiger partial charge in [-0.3, -0.25) is 0 Å². The lowest BCUT2D eigenvalue weighted by atomic mass is 9.89. The van der Waals surface area contributed by atoms with E-state index in [9.17, 15) is 0 Å². The molecule has 0 radical (unpaired) electrons. The van der Waals surface area contributed by atoms with Crippen molar-refractivity contribution < 1.29 is 0 Å². The molecule has 4 rings (SSSR count). The summed E-state index contributed by atoms with van der Waals surface area (Å²) in [7, 11) is 0. The highest BCUT2D eigenvalue weighted by atomic mass is 79.9. The van der Waals surface area contributed by atoms with Crippen molar-refractivity contribution in [1.29, 1.82) is 0 Å². The molecule has 126 valence electrons. The van der Waals surface area contributed by atoms with Crippen molar-refractivity contribution in [3.05, 3.63) is 106 Å². The Hall–Kier alpha value is -2.16. The van der Waals surface area contributed by atoms with E-state index >= 15 is 0 Å². The van der Waals surface area contributed by atoms with Gasteiger partial charge in [0.15, 0.2) is 0 Å². The summed E-state index contributed by atoms with van der Waals surface area (Å²) in [4.78, 5) is 0. The fraction of sp³-hybridized carbons (Fsp3) is 0. The maximum absolute atomic E-state index is 3.72. The van der Waals surface area contributed by atoms with Gasteiger partial charge in [-0.2, -0.15) is 0 Å². The van der Waals surface area contributed by atoms with Crippen molar-refractivity contribution in [1.82, 2.24) is 0 Å². The van der Waals surface area contributed by atoms with Crippen molar-refractivity contribution >= 4 is 31.9 Å². The van der Waals surface area contributed by atoms with Gasteiger partial charge in [0.05, 0.1) is 0 Å². The Labute approximate surface area is 170 Å². The van der Waals surface area contributed by atoms with Gasteiger partial charge in [-0.15, -0.1) is 0 Å². The number of halogens is 2. The van der Waals surface area contributed by atoms with Crippen LogP contribution in [0.25, 0.3) is 33.4 Å². The van der Waals surface area contributed by atoms with Crippen molar-refractivity contribution in [3.8, 4) is 33.4 Å². The molecule has 26 heavy (non-hydrogen) atoms. The Bertz CT molecular complexity index is 1050. The van der Waals surface area contributed by atoms with E-state index in [1.807, 2.05) is 6.07 Å². The summed E-state index contributed by atoms with van der Waals surface area (Å²) in [5.41, 5.74) is 7.33. The second kappa shape index (κ2) is 7.61. The molecule has 0 nitrogen and oxygen atoms in total. The largest absolute Gasteiger partial charge is 0.0622 e. The highest BCUT2D eigenvalue weighted by Gasteiger charge is 2.13. The Morgan fingerprint density at radius 2 is 0.923 bits per heavy atom. The van der Waals surface area contributed by atoms with Crippen molar-refractivity contribution in [2.75, 3.05) is 0 Å². The first-order chi connectivity index (χ1) is 12.7. The highest BCUT2D eigenvalue weighted by molar-refractivity contribution is 9.11. The van der Waals surface area contributed by atoms with Crippen molar-refractivity contribution in [3.63, 3.8) is 0 Å². The lowest BCUT2D eigenvalue weighted by Gasteiger charge is -2.15. The third kappa shape index (κ3) is 3.40. The zero-order valence-electron chi connectivity index (χ0n) is 14.0. The lowest BCUT2D eigenvalue weighted by Crippen LogP contribution is -1.89. The maximum Gasteiger partial charge on any atom is 0.0254 e. The van der Waals surface area contributed by atoms with Crippen LogP contribution in [-0.2, 0) is 0 Å². The van der Waals surface area contributed by atoms with Gasteiger partial charge in [0.1, 0.15) is 0 Å². The summed E-state index contributed by atoms with van der Waals surface area (Å²) in [5.74, 6) is 0. The van der Waals surface area contributed by atoms with Crippen LogP contribution in [0.3, 0.4) is 0 Å². The molecule has 0 aliphatic carbocycles. The van der Waals surface area contributed by atoms with Gasteiger partial charge < -0.3 is 0 Å². The van der Waals surface area contributed by atoms with E-state index in [0.29, 0.717) is 0 Å². The SMILES string of the molecule is Brc1ccc(Br)c(-c2ccccc2-c2ccccc2-c2ccccc2)c1. The molecular weight excluding hydrogens is 448 g/mol. The molecule has 0 bridgehead atoms. The molecule has 0 spiro atoms. The van der Waals surface area contributed by atoms with Gasteiger partial charge in [-0.05, 0) is 51.6 Å². The zero-order valence-corrected chi connectivity index (χ0v) is 17.2. The van der Waals surface area contributed by atoms with Crippen LogP contribution in [0.5, 0.6) is 0 Å². The van der Waals surface area contributed by atoms with Crippen LogP contribution in [0.15, 0.2) is 106 Å². The molecule has 4 aromatic rings. The van der Waals surface area contributed by atoms with E-state index in [4.69, 9.17) is 0 Å². The van der Waals surface area contributed by atoms with E-state index in [2.05, 4.69) is 123 Å². The summed E-state index contributed by atoms with van der Waals surface area (Å²) >= 11 is 7.32. The number of benzene rings is 4. The van der Waals surface area contributed by atoms with E-state index in [1.165, 1.54) is 33.4 Å². The summed E-state index contributed by atoms with van der Waals surface area (Å²) < 4.78 is 2.16. The van der Waals surface area contributed by atoms with Gasteiger partial charge in [0.2, 0.25) is 0 Å². The van der Waals surface area contributed by atoms with Crippen LogP contribution in [0.1, 0.15) is 0 Å².